The van der Waals surface area contributed by atoms with Gasteiger partial charge in [-0.25, -0.2) is 9.18 Å². The highest BCUT2D eigenvalue weighted by molar-refractivity contribution is 5.85. The first-order valence-corrected chi connectivity index (χ1v) is 6.79. The SMILES string of the molecule is CC(C)(C)OC(=O)Nc1ccc(F)c(C2(N)CCC2)c1. The zero-order valence-electron chi connectivity index (χ0n) is 12.1. The number of hydrogen-bond donors (Lipinski definition) is 2. The number of amides is 1. The summed E-state index contributed by atoms with van der Waals surface area (Å²) in [4.78, 5) is 11.7. The lowest BCUT2D eigenvalue weighted by Crippen LogP contribution is -2.44. The van der Waals surface area contributed by atoms with Crippen LogP contribution in [0.2, 0.25) is 0 Å². The molecule has 0 saturated heterocycles. The quantitative estimate of drug-likeness (QED) is 0.871. The topological polar surface area (TPSA) is 64.3 Å². The van der Waals surface area contributed by atoms with Crippen LogP contribution < -0.4 is 11.1 Å². The molecule has 0 bridgehead atoms. The van der Waals surface area contributed by atoms with Crippen molar-refractivity contribution in [1.82, 2.24) is 0 Å². The summed E-state index contributed by atoms with van der Waals surface area (Å²) in [6, 6.07) is 4.43. The monoisotopic (exact) mass is 280 g/mol. The number of rotatable bonds is 2. The molecule has 1 aromatic carbocycles. The number of anilines is 1. The minimum Gasteiger partial charge on any atom is -0.444 e. The Kier molecular flexibility index (Phi) is 3.73. The molecule has 1 saturated carbocycles. The van der Waals surface area contributed by atoms with Crippen molar-refractivity contribution in [2.45, 2.75) is 51.2 Å². The van der Waals surface area contributed by atoms with E-state index in [-0.39, 0.29) is 5.82 Å². The van der Waals surface area contributed by atoms with E-state index in [9.17, 15) is 9.18 Å². The first kappa shape index (κ1) is 14.8. The third-order valence-corrected chi connectivity index (χ3v) is 3.39. The predicted octanol–water partition coefficient (Wildman–Crippen LogP) is 3.51. The molecule has 0 aromatic heterocycles. The van der Waals surface area contributed by atoms with E-state index in [2.05, 4.69) is 5.32 Å². The molecule has 5 heteroatoms. The van der Waals surface area contributed by atoms with Gasteiger partial charge in [0, 0.05) is 16.8 Å². The van der Waals surface area contributed by atoms with Crippen LogP contribution in [0.4, 0.5) is 14.9 Å². The van der Waals surface area contributed by atoms with Gasteiger partial charge in [0.2, 0.25) is 0 Å². The van der Waals surface area contributed by atoms with Gasteiger partial charge < -0.3 is 10.5 Å². The van der Waals surface area contributed by atoms with Gasteiger partial charge >= 0.3 is 6.09 Å². The Morgan fingerprint density at radius 3 is 2.55 bits per heavy atom. The van der Waals surface area contributed by atoms with Gasteiger partial charge in [-0.05, 0) is 58.2 Å². The fraction of sp³-hybridized carbons (Fsp3) is 0.533. The molecule has 0 spiro atoms. The van der Waals surface area contributed by atoms with Crippen LogP contribution in [0.5, 0.6) is 0 Å². The van der Waals surface area contributed by atoms with Crippen LogP contribution in [-0.4, -0.2) is 11.7 Å². The van der Waals surface area contributed by atoms with Crippen LogP contribution in [0.25, 0.3) is 0 Å². The number of hydrogen-bond acceptors (Lipinski definition) is 3. The third-order valence-electron chi connectivity index (χ3n) is 3.39. The van der Waals surface area contributed by atoms with E-state index in [0.29, 0.717) is 11.3 Å². The molecule has 0 unspecified atom stereocenters. The van der Waals surface area contributed by atoms with Crippen LogP contribution in [0.3, 0.4) is 0 Å². The molecule has 110 valence electrons. The highest BCUT2D eigenvalue weighted by atomic mass is 19.1. The third kappa shape index (κ3) is 3.28. The molecule has 3 N–H and O–H groups in total. The molecule has 0 heterocycles. The van der Waals surface area contributed by atoms with Crippen LogP contribution in [0.15, 0.2) is 18.2 Å². The van der Waals surface area contributed by atoms with E-state index in [0.717, 1.165) is 19.3 Å². The van der Waals surface area contributed by atoms with Gasteiger partial charge in [0.15, 0.2) is 0 Å². The van der Waals surface area contributed by atoms with Gasteiger partial charge in [-0.2, -0.15) is 0 Å². The maximum absolute atomic E-state index is 13.9. The summed E-state index contributed by atoms with van der Waals surface area (Å²) < 4.78 is 19.0. The van der Waals surface area contributed by atoms with Crippen molar-refractivity contribution in [3.63, 3.8) is 0 Å². The zero-order chi connectivity index (χ0) is 15.0. The zero-order valence-corrected chi connectivity index (χ0v) is 12.1. The molecule has 4 nitrogen and oxygen atoms in total. The van der Waals surface area contributed by atoms with Crippen molar-refractivity contribution < 1.29 is 13.9 Å². The molecule has 1 aliphatic rings. The molecule has 1 aromatic rings. The molecule has 1 aliphatic carbocycles. The van der Waals surface area contributed by atoms with Crippen molar-refractivity contribution in [2.75, 3.05) is 5.32 Å². The molecule has 0 atom stereocenters. The van der Waals surface area contributed by atoms with Gasteiger partial charge in [0.25, 0.3) is 0 Å². The Morgan fingerprint density at radius 1 is 1.40 bits per heavy atom. The standard InChI is InChI=1S/C15H21FN2O2/c1-14(2,3)20-13(19)18-10-5-6-12(16)11(9-10)15(17)7-4-8-15/h5-6,9H,4,7-8,17H2,1-3H3,(H,18,19). The van der Waals surface area contributed by atoms with Gasteiger partial charge in [0.1, 0.15) is 11.4 Å². The van der Waals surface area contributed by atoms with Crippen molar-refractivity contribution in [3.05, 3.63) is 29.6 Å². The van der Waals surface area contributed by atoms with Gasteiger partial charge in [-0.3, -0.25) is 5.32 Å². The van der Waals surface area contributed by atoms with E-state index in [1.807, 2.05) is 0 Å². The molecule has 2 rings (SSSR count). The van der Waals surface area contributed by atoms with Crippen LogP contribution in [0, 0.1) is 5.82 Å². The fourth-order valence-corrected chi connectivity index (χ4v) is 2.23. The number of halogens is 1. The van der Waals surface area contributed by atoms with E-state index >= 15 is 0 Å². The van der Waals surface area contributed by atoms with Gasteiger partial charge in [-0.15, -0.1) is 0 Å². The van der Waals surface area contributed by atoms with Crippen LogP contribution in [0.1, 0.15) is 45.6 Å². The average Bonchev–Trinajstić information content (AvgIpc) is 2.26. The summed E-state index contributed by atoms with van der Waals surface area (Å²) in [5, 5.41) is 2.60. The van der Waals surface area contributed by atoms with E-state index in [1.54, 1.807) is 26.8 Å². The van der Waals surface area contributed by atoms with Crippen molar-refractivity contribution in [2.24, 2.45) is 5.73 Å². The molecule has 20 heavy (non-hydrogen) atoms. The summed E-state index contributed by atoms with van der Waals surface area (Å²) in [5.41, 5.74) is 5.92. The Bertz CT molecular complexity index is 519. The minimum absolute atomic E-state index is 0.332. The molecule has 0 aliphatic heterocycles. The highest BCUT2D eigenvalue weighted by Crippen LogP contribution is 2.40. The average molecular weight is 280 g/mol. The van der Waals surface area contributed by atoms with Crippen LogP contribution in [-0.2, 0) is 10.3 Å². The maximum Gasteiger partial charge on any atom is 0.412 e. The van der Waals surface area contributed by atoms with Crippen molar-refractivity contribution >= 4 is 11.8 Å². The second kappa shape index (κ2) is 5.05. The minimum atomic E-state index is -0.601. The lowest BCUT2D eigenvalue weighted by molar-refractivity contribution is 0.0636. The number of ether oxygens (including phenoxy) is 1. The first-order valence-electron chi connectivity index (χ1n) is 6.79. The molecular formula is C15H21FN2O2. The smallest absolute Gasteiger partial charge is 0.412 e. The first-order chi connectivity index (χ1) is 9.20. The van der Waals surface area contributed by atoms with Crippen LogP contribution >= 0.6 is 0 Å². The second-order valence-corrected chi connectivity index (χ2v) is 6.33. The van der Waals surface area contributed by atoms with E-state index < -0.39 is 17.2 Å². The lowest BCUT2D eigenvalue weighted by atomic mass is 9.72. The number of carbonyl (C=O) groups is 1. The number of nitrogens with one attached hydrogen (secondary N) is 1. The molecule has 1 amide bonds. The van der Waals surface area contributed by atoms with Crippen molar-refractivity contribution in [3.8, 4) is 0 Å². The van der Waals surface area contributed by atoms with Gasteiger partial charge in [-0.1, -0.05) is 0 Å². The predicted molar refractivity (Wildman–Crippen MR) is 76.0 cm³/mol. The number of nitrogens with two attached hydrogens (primary N) is 1. The highest BCUT2D eigenvalue weighted by Gasteiger charge is 2.36. The summed E-state index contributed by atoms with van der Waals surface area (Å²) in [5.74, 6) is -0.332. The summed E-state index contributed by atoms with van der Waals surface area (Å²) in [6.45, 7) is 5.35. The Hall–Kier alpha value is -1.62. The van der Waals surface area contributed by atoms with E-state index in [4.69, 9.17) is 10.5 Å². The number of benzene rings is 1. The van der Waals surface area contributed by atoms with Crippen molar-refractivity contribution in [1.29, 1.82) is 0 Å². The fourth-order valence-electron chi connectivity index (χ4n) is 2.23. The normalized spacial score (nSPS) is 17.2. The second-order valence-electron chi connectivity index (χ2n) is 6.33. The summed E-state index contributed by atoms with van der Waals surface area (Å²) >= 11 is 0. The summed E-state index contributed by atoms with van der Waals surface area (Å²) in [6.07, 6.45) is 1.97. The Balaban J connectivity index is 2.14. The Morgan fingerprint density at radius 2 is 2.05 bits per heavy atom. The molecule has 1 fully saturated rings. The summed E-state index contributed by atoms with van der Waals surface area (Å²) in [7, 11) is 0. The number of carbonyl (C=O) groups excluding carboxylic acids is 1. The largest absolute Gasteiger partial charge is 0.444 e. The lowest BCUT2D eigenvalue weighted by Gasteiger charge is -2.39. The molecular weight excluding hydrogens is 259 g/mol. The maximum atomic E-state index is 13.9. The van der Waals surface area contributed by atoms with Gasteiger partial charge in [0.05, 0.1) is 0 Å². The Labute approximate surface area is 118 Å². The molecule has 0 radical (unpaired) electrons. The van der Waals surface area contributed by atoms with E-state index in [1.165, 1.54) is 12.1 Å².